The first-order valence-corrected chi connectivity index (χ1v) is 29.7. The predicted octanol–water partition coefficient (Wildman–Crippen LogP) is 7.56. The van der Waals surface area contributed by atoms with Crippen LogP contribution in [0.3, 0.4) is 0 Å². The standard InChI is InChI=1S/C12H15NO3.C11H13NO3.C8H8ClNO3.C7H6ClNO3.C4H7.CH4.BrH.Na.H2O.H4P2.H3P.Zn/c1-15-10-7-6-9(12(14)16-2)11(13-10)8-4-3-5-8;1-15-9-6-5-8(11(13)14)10(12-9)7-3-2-4-7;1-12-6-4-3-5(7(9)10-6)8(11)13-2;1-12-5-3-2-4(7(10)11)6(8)9-5;1-2-4-3-1;;;;;1-2;;/h6-8H,3-5H2,1-2H3;5-7H,2-4H2,1H3,(H,13,14);3-4H,1-2H3;2-3H,1H3,(H,10,11);1H,2-4H2;1H4;1H;;1H2;1-2H2;1H3;/q;;;;-1;;;+1;;;;+2/p-2. The molecule has 7 rings (SSSR count). The van der Waals surface area contributed by atoms with E-state index in [9.17, 15) is 19.2 Å². The van der Waals surface area contributed by atoms with E-state index >= 15 is 0 Å². The molecule has 4 aromatic heterocycles. The van der Waals surface area contributed by atoms with Gasteiger partial charge in [-0.1, -0.05) is 43.5 Å². The van der Waals surface area contributed by atoms with Gasteiger partial charge in [0, 0.05) is 36.1 Å². The van der Waals surface area contributed by atoms with Gasteiger partial charge in [0.1, 0.15) is 10.3 Å². The summed E-state index contributed by atoms with van der Waals surface area (Å²) in [7, 11) is 13.3. The van der Waals surface area contributed by atoms with Gasteiger partial charge < -0.3 is 50.5 Å². The zero-order chi connectivity index (χ0) is 48.2. The number of carboxylic acid groups (broad SMARTS) is 2. The Morgan fingerprint density at radius 3 is 1.13 bits per heavy atom. The van der Waals surface area contributed by atoms with Crippen molar-refractivity contribution in [1.29, 1.82) is 0 Å². The molecule has 0 spiro atoms. The van der Waals surface area contributed by atoms with Crippen LogP contribution in [0.25, 0.3) is 0 Å². The predicted molar refractivity (Wildman–Crippen MR) is 269 cm³/mol. The third kappa shape index (κ3) is 24.2. The van der Waals surface area contributed by atoms with Crippen LogP contribution in [0, 0.1) is 6.42 Å². The number of pyridine rings is 4. The first-order valence-electron chi connectivity index (χ1n) is 19.4. The average Bonchev–Trinajstić information content (AvgIpc) is 3.25. The molecule has 3 fully saturated rings. The molecule has 68 heavy (non-hydrogen) atoms. The van der Waals surface area contributed by atoms with E-state index in [2.05, 4.69) is 62.6 Å². The number of esters is 2. The third-order valence-electron chi connectivity index (χ3n) is 9.35. The van der Waals surface area contributed by atoms with Crippen LogP contribution in [0.5, 0.6) is 23.5 Å². The molecule has 3 saturated carbocycles. The second kappa shape index (κ2) is 41.3. The van der Waals surface area contributed by atoms with Crippen LogP contribution in [0.4, 0.5) is 0 Å². The van der Waals surface area contributed by atoms with Crippen LogP contribution in [0.2, 0.25) is 10.3 Å². The molecular formula is C43H61BrCl2N4NaO13P3Zn. The molecule has 0 saturated heterocycles. The Bertz CT molecular complexity index is 2100. The number of carboxylic acids is 2. The van der Waals surface area contributed by atoms with E-state index in [-0.39, 0.29) is 79.8 Å². The fourth-order valence-electron chi connectivity index (χ4n) is 5.28. The van der Waals surface area contributed by atoms with Crippen molar-refractivity contribution in [3.05, 3.63) is 98.9 Å². The number of aromatic carboxylic acids is 2. The second-order valence-electron chi connectivity index (χ2n) is 13.0. The molecule has 3 atom stereocenters. The van der Waals surface area contributed by atoms with Crippen LogP contribution in [-0.2, 0) is 25.8 Å². The first-order chi connectivity index (χ1) is 30.8. The van der Waals surface area contributed by atoms with Gasteiger partial charge in [-0.05, 0) is 49.9 Å². The Morgan fingerprint density at radius 1 is 0.588 bits per heavy atom. The monoisotopic (exact) mass is 1170 g/mol. The van der Waals surface area contributed by atoms with E-state index < -0.39 is 17.9 Å². The van der Waals surface area contributed by atoms with Crippen molar-refractivity contribution >= 4 is 88.5 Å². The van der Waals surface area contributed by atoms with Crippen molar-refractivity contribution in [2.45, 2.75) is 77.0 Å². The zero-order valence-corrected chi connectivity index (χ0v) is 50.4. The van der Waals surface area contributed by atoms with Gasteiger partial charge in [-0.25, -0.2) is 39.1 Å². The van der Waals surface area contributed by atoms with Gasteiger partial charge in [0.05, 0.1) is 76.3 Å². The minimum absolute atomic E-state index is 0. The van der Waals surface area contributed by atoms with Gasteiger partial charge in [0.2, 0.25) is 23.5 Å². The summed E-state index contributed by atoms with van der Waals surface area (Å²) in [6, 6.07) is 12.4. The molecule has 0 aliphatic heterocycles. The number of nitrogens with zero attached hydrogens (tertiary/aromatic N) is 4. The van der Waals surface area contributed by atoms with E-state index in [1.165, 1.54) is 102 Å². The van der Waals surface area contributed by atoms with E-state index in [0.717, 1.165) is 37.8 Å². The molecule has 3 aliphatic rings. The Hall–Kier alpha value is -2.39. The van der Waals surface area contributed by atoms with Crippen LogP contribution in [0.1, 0.15) is 130 Å². The molecule has 370 valence electrons. The Labute approximate surface area is 456 Å². The molecule has 3 N–H and O–H groups in total. The average molecular weight is 1170 g/mol. The van der Waals surface area contributed by atoms with E-state index in [4.69, 9.17) is 57.1 Å². The topological polar surface area (TPSA) is 246 Å². The number of ether oxygens (including phenoxy) is 6. The zero-order valence-electron chi connectivity index (χ0n) is 38.6. The fourth-order valence-corrected chi connectivity index (χ4v) is 5.73. The summed E-state index contributed by atoms with van der Waals surface area (Å²) >= 11 is 15.5. The molecule has 17 nitrogen and oxygen atoms in total. The van der Waals surface area contributed by atoms with Gasteiger partial charge in [0.15, 0.2) is 0 Å². The molecule has 0 bridgehead atoms. The summed E-state index contributed by atoms with van der Waals surface area (Å²) in [6.45, 7) is 0. The molecule has 25 heteroatoms. The van der Waals surface area contributed by atoms with Crippen molar-refractivity contribution in [3.8, 4) is 23.5 Å². The maximum absolute atomic E-state index is 11.6. The molecule has 3 unspecified atom stereocenters. The molecule has 4 heterocycles. The fraction of sp³-hybridized carbons (Fsp3) is 0.419. The Morgan fingerprint density at radius 2 is 0.868 bits per heavy atom. The van der Waals surface area contributed by atoms with E-state index in [1.54, 1.807) is 31.4 Å². The number of aromatic nitrogens is 4. The van der Waals surface area contributed by atoms with Crippen molar-refractivity contribution in [1.82, 2.24) is 19.9 Å². The van der Waals surface area contributed by atoms with Crippen molar-refractivity contribution in [2.24, 2.45) is 0 Å². The summed E-state index contributed by atoms with van der Waals surface area (Å²) in [5.74, 6) is -0.478. The summed E-state index contributed by atoms with van der Waals surface area (Å²) in [5.41, 5.74) is 2.56. The van der Waals surface area contributed by atoms with Gasteiger partial charge in [-0.3, -0.25) is 0 Å². The van der Waals surface area contributed by atoms with Gasteiger partial charge in [0.25, 0.3) is 0 Å². The molecule has 0 amide bonds. The minimum atomic E-state index is -1.10. The number of rotatable bonds is 10. The SMILES string of the molecule is C.COC(=O)c1ccc(OC)nc1C1CCC1.COC(=O)c1ccc(OC)nc1Cl.COc1ccc(C(=O)O)c(C2CCC2)n1.COc1ccc(C(=O)O)c(Cl)n1.P.PP.[CH-]1CCC1.[Na+].[OH-].[Zn+][Br]. The Balaban J connectivity index is -0.000000375. The van der Waals surface area contributed by atoms with E-state index in [0.29, 0.717) is 52.2 Å². The molecule has 0 radical (unpaired) electrons. The molecule has 0 aromatic carbocycles. The van der Waals surface area contributed by atoms with Crippen molar-refractivity contribution in [2.75, 3.05) is 42.7 Å². The number of carbonyl (C=O) groups excluding carboxylic acids is 2. The number of hydrogen-bond donors (Lipinski definition) is 2. The summed E-state index contributed by atoms with van der Waals surface area (Å²) in [4.78, 5) is 60.1. The van der Waals surface area contributed by atoms with Crippen molar-refractivity contribution in [3.63, 3.8) is 0 Å². The van der Waals surface area contributed by atoms with E-state index in [1.807, 2.05) is 0 Å². The van der Waals surface area contributed by atoms with Crippen molar-refractivity contribution < 1.29 is 109 Å². The molecule has 4 aromatic rings. The normalized spacial score (nSPS) is 12.2. The van der Waals surface area contributed by atoms with Gasteiger partial charge in [-0.15, -0.1) is 24.3 Å². The van der Waals surface area contributed by atoms with Crippen LogP contribution < -0.4 is 48.5 Å². The van der Waals surface area contributed by atoms with Crippen LogP contribution in [0.15, 0.2) is 48.5 Å². The first kappa shape index (κ1) is 72.2. The number of carbonyl (C=O) groups is 4. The summed E-state index contributed by atoms with van der Waals surface area (Å²) < 4.78 is 28.9. The Kier molecular flexibility index (Phi) is 43.8. The van der Waals surface area contributed by atoms with Gasteiger partial charge in [-0.2, -0.15) is 22.7 Å². The number of methoxy groups -OCH3 is 6. The summed E-state index contributed by atoms with van der Waals surface area (Å²) in [5, 5.41) is 17.6. The van der Waals surface area contributed by atoms with Crippen LogP contribution >= 0.6 is 64.6 Å². The van der Waals surface area contributed by atoms with Crippen LogP contribution in [-0.4, -0.2) is 102 Å². The number of halogens is 3. The second-order valence-corrected chi connectivity index (χ2v) is 13.7. The van der Waals surface area contributed by atoms with Gasteiger partial charge >= 0.3 is 83.4 Å². The molecular weight excluding hydrogens is 1110 g/mol. The third-order valence-corrected chi connectivity index (χ3v) is 9.93. The number of hydrogen-bond acceptors (Lipinski definition) is 15. The summed E-state index contributed by atoms with van der Waals surface area (Å²) in [6.07, 6.45) is 13.1. The molecule has 3 aliphatic carbocycles. The maximum atomic E-state index is 11.6. The quantitative estimate of drug-likeness (QED) is 0.0511.